The number of halogens is 1. The molecule has 32 heavy (non-hydrogen) atoms. The molecule has 2 fully saturated rings. The van der Waals surface area contributed by atoms with E-state index in [1.165, 1.54) is 27.4 Å². The van der Waals surface area contributed by atoms with Crippen LogP contribution in [-0.4, -0.2) is 80.4 Å². The van der Waals surface area contributed by atoms with E-state index in [4.69, 9.17) is 4.74 Å². The van der Waals surface area contributed by atoms with Gasteiger partial charge in [-0.15, -0.1) is 11.3 Å². The number of rotatable bonds is 8. The predicted molar refractivity (Wildman–Crippen MR) is 120 cm³/mol. The van der Waals surface area contributed by atoms with Gasteiger partial charge in [0.2, 0.25) is 15.9 Å². The van der Waals surface area contributed by atoms with Crippen LogP contribution in [0, 0.1) is 5.82 Å². The van der Waals surface area contributed by atoms with Crippen LogP contribution in [0.4, 0.5) is 4.39 Å². The van der Waals surface area contributed by atoms with E-state index in [1.54, 1.807) is 16.2 Å². The number of ether oxygens (including phenoxy) is 1. The lowest BCUT2D eigenvalue weighted by Gasteiger charge is -2.35. The van der Waals surface area contributed by atoms with Crippen LogP contribution in [0.1, 0.15) is 17.7 Å². The third kappa shape index (κ3) is 5.55. The molecule has 3 heterocycles. The Labute approximate surface area is 192 Å². The fourth-order valence-electron chi connectivity index (χ4n) is 4.15. The first-order valence-corrected chi connectivity index (χ1v) is 13.1. The summed E-state index contributed by atoms with van der Waals surface area (Å²) in [6.07, 6.45) is 2.19. The average molecular weight is 482 g/mol. The number of sulfonamides is 1. The maximum atomic E-state index is 14.0. The second kappa shape index (κ2) is 10.4. The summed E-state index contributed by atoms with van der Waals surface area (Å²) in [5.74, 6) is -0.785. The molecular formula is C22H28FN3O4S2. The Morgan fingerprint density at radius 3 is 2.59 bits per heavy atom. The Balaban J connectivity index is 1.35. The quantitative estimate of drug-likeness (QED) is 0.579. The van der Waals surface area contributed by atoms with Crippen molar-refractivity contribution in [2.24, 2.45) is 0 Å². The Morgan fingerprint density at radius 1 is 1.16 bits per heavy atom. The minimum Gasteiger partial charge on any atom is -0.377 e. The molecular weight excluding hydrogens is 453 g/mol. The van der Waals surface area contributed by atoms with Crippen molar-refractivity contribution in [1.82, 2.24) is 14.1 Å². The maximum Gasteiger partial charge on any atom is 0.246 e. The van der Waals surface area contributed by atoms with E-state index in [2.05, 4.69) is 11.0 Å². The average Bonchev–Trinajstić information content (AvgIpc) is 3.48. The first-order valence-electron chi connectivity index (χ1n) is 10.8. The molecule has 2 aliphatic heterocycles. The van der Waals surface area contributed by atoms with Gasteiger partial charge in [-0.05, 0) is 36.4 Å². The molecule has 0 unspecified atom stereocenters. The van der Waals surface area contributed by atoms with E-state index in [0.717, 1.165) is 25.5 Å². The zero-order valence-electron chi connectivity index (χ0n) is 17.9. The Bertz CT molecular complexity index is 1000. The first-order chi connectivity index (χ1) is 15.4. The lowest BCUT2D eigenvalue weighted by molar-refractivity contribution is -0.134. The molecule has 7 nitrogen and oxygen atoms in total. The van der Waals surface area contributed by atoms with Crippen molar-refractivity contribution in [2.75, 3.05) is 45.9 Å². The number of nitrogens with zero attached hydrogens (tertiary/aromatic N) is 3. The third-order valence-corrected chi connectivity index (χ3v) is 8.64. The van der Waals surface area contributed by atoms with Crippen LogP contribution in [0.5, 0.6) is 0 Å². The second-order valence-electron chi connectivity index (χ2n) is 8.10. The van der Waals surface area contributed by atoms with Gasteiger partial charge in [-0.1, -0.05) is 18.2 Å². The Hall–Kier alpha value is -1.85. The zero-order valence-corrected chi connectivity index (χ0v) is 19.5. The second-order valence-corrected chi connectivity index (χ2v) is 11.0. The molecule has 4 rings (SSSR count). The van der Waals surface area contributed by atoms with Crippen LogP contribution < -0.4 is 0 Å². The molecule has 0 spiro atoms. The van der Waals surface area contributed by atoms with E-state index < -0.39 is 15.8 Å². The summed E-state index contributed by atoms with van der Waals surface area (Å²) in [6.45, 7) is 3.30. The van der Waals surface area contributed by atoms with Crippen LogP contribution in [-0.2, 0) is 26.1 Å². The van der Waals surface area contributed by atoms with Crippen LogP contribution >= 0.6 is 11.3 Å². The van der Waals surface area contributed by atoms with Gasteiger partial charge in [0, 0.05) is 50.8 Å². The molecule has 2 aromatic rings. The summed E-state index contributed by atoms with van der Waals surface area (Å²) in [7, 11) is -3.92. The van der Waals surface area contributed by atoms with Crippen molar-refractivity contribution in [3.05, 3.63) is 52.5 Å². The van der Waals surface area contributed by atoms with Crippen molar-refractivity contribution in [3.63, 3.8) is 0 Å². The van der Waals surface area contributed by atoms with Crippen molar-refractivity contribution in [2.45, 2.75) is 30.4 Å². The van der Waals surface area contributed by atoms with E-state index in [0.29, 0.717) is 26.2 Å². The summed E-state index contributed by atoms with van der Waals surface area (Å²) in [5.41, 5.74) is 0. The fourth-order valence-corrected chi connectivity index (χ4v) is 6.38. The van der Waals surface area contributed by atoms with Gasteiger partial charge in [-0.3, -0.25) is 9.69 Å². The summed E-state index contributed by atoms with van der Waals surface area (Å²) in [5, 5.41) is 2.02. The number of hydrogen-bond donors (Lipinski definition) is 0. The van der Waals surface area contributed by atoms with E-state index in [9.17, 15) is 17.6 Å². The van der Waals surface area contributed by atoms with Gasteiger partial charge in [0.05, 0.1) is 12.6 Å². The van der Waals surface area contributed by atoms with Crippen LogP contribution in [0.2, 0.25) is 0 Å². The molecule has 0 aliphatic carbocycles. The first kappa shape index (κ1) is 23.3. The fraction of sp³-hybridized carbons (Fsp3) is 0.500. The summed E-state index contributed by atoms with van der Waals surface area (Å²) >= 11 is 1.66. The summed E-state index contributed by atoms with van der Waals surface area (Å²) in [4.78, 5) is 17.7. The summed E-state index contributed by atoms with van der Waals surface area (Å²) in [6, 6.07) is 9.44. The minimum atomic E-state index is -3.92. The molecule has 2 saturated heterocycles. The molecule has 1 aromatic carbocycles. The zero-order chi connectivity index (χ0) is 22.6. The summed E-state index contributed by atoms with van der Waals surface area (Å²) < 4.78 is 46.6. The monoisotopic (exact) mass is 481 g/mol. The standard InChI is InChI=1S/C22H28FN3O4S2/c23-20-7-1-2-8-21(20)32(28,29)26-11-9-25(10-12-26)22(27)17-24(15-18-5-3-13-30-18)16-19-6-4-14-31-19/h1-2,4,6-8,14,18H,3,5,9-13,15-17H2/t18-/m1/s1. The van der Waals surface area contributed by atoms with E-state index in [-0.39, 0.29) is 36.5 Å². The molecule has 1 amide bonds. The molecule has 0 N–H and O–H groups in total. The van der Waals surface area contributed by atoms with Crippen molar-refractivity contribution >= 4 is 27.3 Å². The van der Waals surface area contributed by atoms with Gasteiger partial charge < -0.3 is 9.64 Å². The molecule has 10 heteroatoms. The van der Waals surface area contributed by atoms with Gasteiger partial charge in [0.15, 0.2) is 0 Å². The van der Waals surface area contributed by atoms with Gasteiger partial charge in [-0.25, -0.2) is 12.8 Å². The number of benzene rings is 1. The maximum absolute atomic E-state index is 14.0. The number of carbonyl (C=O) groups excluding carboxylic acids is 1. The molecule has 174 valence electrons. The topological polar surface area (TPSA) is 70.2 Å². The number of hydrogen-bond acceptors (Lipinski definition) is 6. The number of carbonyl (C=O) groups is 1. The number of piperazine rings is 1. The van der Waals surface area contributed by atoms with Crippen LogP contribution in [0.25, 0.3) is 0 Å². The molecule has 0 saturated carbocycles. The van der Waals surface area contributed by atoms with Crippen LogP contribution in [0.3, 0.4) is 0 Å². The van der Waals surface area contributed by atoms with Crippen molar-refractivity contribution in [1.29, 1.82) is 0 Å². The van der Waals surface area contributed by atoms with Gasteiger partial charge in [0.25, 0.3) is 0 Å². The predicted octanol–water partition coefficient (Wildman–Crippen LogP) is 2.40. The van der Waals surface area contributed by atoms with E-state index in [1.807, 2.05) is 11.4 Å². The SMILES string of the molecule is O=C(CN(Cc1cccs1)C[C@H]1CCCO1)N1CCN(S(=O)(=O)c2ccccc2F)CC1. The van der Waals surface area contributed by atoms with Crippen molar-refractivity contribution < 1.29 is 22.3 Å². The third-order valence-electron chi connectivity index (χ3n) is 5.85. The smallest absolute Gasteiger partial charge is 0.246 e. The van der Waals surface area contributed by atoms with Gasteiger partial charge >= 0.3 is 0 Å². The Morgan fingerprint density at radius 2 is 1.94 bits per heavy atom. The highest BCUT2D eigenvalue weighted by atomic mass is 32.2. The molecule has 0 radical (unpaired) electrons. The lowest BCUT2D eigenvalue weighted by atomic mass is 10.2. The minimum absolute atomic E-state index is 0.0255. The normalized spacial score (nSPS) is 20.2. The van der Waals surface area contributed by atoms with Crippen molar-refractivity contribution in [3.8, 4) is 0 Å². The highest BCUT2D eigenvalue weighted by molar-refractivity contribution is 7.89. The number of thiophene rings is 1. The van der Waals surface area contributed by atoms with E-state index >= 15 is 0 Å². The van der Waals surface area contributed by atoms with Crippen LogP contribution in [0.15, 0.2) is 46.7 Å². The highest BCUT2D eigenvalue weighted by Gasteiger charge is 2.32. The molecule has 1 atom stereocenters. The van der Waals surface area contributed by atoms with Gasteiger partial charge in [0.1, 0.15) is 10.7 Å². The van der Waals surface area contributed by atoms with Gasteiger partial charge in [-0.2, -0.15) is 4.31 Å². The Kier molecular flexibility index (Phi) is 7.57. The number of amides is 1. The lowest BCUT2D eigenvalue weighted by Crippen LogP contribution is -2.52. The highest BCUT2D eigenvalue weighted by Crippen LogP contribution is 2.21. The molecule has 2 aliphatic rings. The molecule has 0 bridgehead atoms. The largest absolute Gasteiger partial charge is 0.377 e. The molecule has 1 aromatic heterocycles.